The lowest BCUT2D eigenvalue weighted by Crippen LogP contribution is -2.43. The molecule has 1 rings (SSSR count). The first-order valence-electron chi connectivity index (χ1n) is 5.57. The highest BCUT2D eigenvalue weighted by Crippen LogP contribution is 2.14. The maximum Gasteiger partial charge on any atom is 0.326 e. The fourth-order valence-corrected chi connectivity index (χ4v) is 1.51. The van der Waals surface area contributed by atoms with Gasteiger partial charge in [-0.2, -0.15) is 0 Å². The maximum absolute atomic E-state index is 12.0. The number of benzene rings is 1. The smallest absolute Gasteiger partial charge is 0.326 e. The van der Waals surface area contributed by atoms with Gasteiger partial charge in [-0.25, -0.2) is 4.79 Å². The standard InChI is InChI=1S/C12H13N3O5/c13-10(17)5-9(12(19)20)15-11(18)7-3-1-2-4-8(7)14-6-16/h1-4,6,9H,5H2,(H2,13,17)(H,14,16)(H,15,18)(H,19,20)/t9-/m0/s1. The molecule has 5 N–H and O–H groups in total. The van der Waals surface area contributed by atoms with Crippen molar-refractivity contribution >= 4 is 29.9 Å². The van der Waals surface area contributed by atoms with Gasteiger partial charge < -0.3 is 21.5 Å². The summed E-state index contributed by atoms with van der Waals surface area (Å²) in [6, 6.07) is 4.61. The SMILES string of the molecule is NC(=O)C[C@H](NC(=O)c1ccccc1NC=O)C(=O)O. The molecule has 1 aromatic carbocycles. The molecule has 0 bridgehead atoms. The Balaban J connectivity index is 2.91. The van der Waals surface area contributed by atoms with Crippen LogP contribution in [0.15, 0.2) is 24.3 Å². The molecule has 8 nitrogen and oxygen atoms in total. The van der Waals surface area contributed by atoms with Crippen molar-refractivity contribution < 1.29 is 24.3 Å². The summed E-state index contributed by atoms with van der Waals surface area (Å²) in [5.74, 6) is -2.96. The van der Waals surface area contributed by atoms with Gasteiger partial charge in [0, 0.05) is 0 Å². The molecule has 0 aliphatic heterocycles. The second kappa shape index (κ2) is 6.88. The van der Waals surface area contributed by atoms with Crippen LogP contribution in [-0.2, 0) is 14.4 Å². The van der Waals surface area contributed by atoms with Crippen molar-refractivity contribution in [3.05, 3.63) is 29.8 Å². The Bertz CT molecular complexity index is 544. The topological polar surface area (TPSA) is 139 Å². The number of carbonyl (C=O) groups is 4. The average Bonchev–Trinajstić information content (AvgIpc) is 2.38. The van der Waals surface area contributed by atoms with E-state index in [1.54, 1.807) is 12.1 Å². The Kier molecular flexibility index (Phi) is 5.21. The van der Waals surface area contributed by atoms with E-state index in [0.29, 0.717) is 6.41 Å². The summed E-state index contributed by atoms with van der Waals surface area (Å²) in [5.41, 5.74) is 5.22. The van der Waals surface area contributed by atoms with E-state index in [1.165, 1.54) is 12.1 Å². The molecule has 0 heterocycles. The highest BCUT2D eigenvalue weighted by Gasteiger charge is 2.23. The third-order valence-corrected chi connectivity index (χ3v) is 2.39. The fourth-order valence-electron chi connectivity index (χ4n) is 1.51. The highest BCUT2D eigenvalue weighted by atomic mass is 16.4. The van der Waals surface area contributed by atoms with Crippen LogP contribution in [0, 0.1) is 0 Å². The number of aliphatic carboxylic acids is 1. The molecule has 3 amide bonds. The Morgan fingerprint density at radius 1 is 1.30 bits per heavy atom. The van der Waals surface area contributed by atoms with Crippen molar-refractivity contribution in [2.75, 3.05) is 5.32 Å². The molecule has 1 atom stereocenters. The molecule has 1 aromatic rings. The first-order chi connectivity index (χ1) is 9.45. The molecule has 20 heavy (non-hydrogen) atoms. The van der Waals surface area contributed by atoms with E-state index in [9.17, 15) is 19.2 Å². The number of nitrogens with one attached hydrogen (secondary N) is 2. The Morgan fingerprint density at radius 3 is 2.50 bits per heavy atom. The van der Waals surface area contributed by atoms with E-state index >= 15 is 0 Å². The largest absolute Gasteiger partial charge is 0.480 e. The minimum absolute atomic E-state index is 0.0790. The number of amides is 3. The number of nitrogens with two attached hydrogens (primary N) is 1. The number of primary amides is 1. The Hall–Kier alpha value is -2.90. The predicted octanol–water partition coefficient (Wildman–Crippen LogP) is -0.687. The molecule has 0 aromatic heterocycles. The van der Waals surface area contributed by atoms with Gasteiger partial charge in [-0.1, -0.05) is 12.1 Å². The molecule has 0 saturated carbocycles. The van der Waals surface area contributed by atoms with Crippen molar-refractivity contribution in [3.63, 3.8) is 0 Å². The van der Waals surface area contributed by atoms with E-state index < -0.39 is 30.2 Å². The van der Waals surface area contributed by atoms with Crippen molar-refractivity contribution in [2.45, 2.75) is 12.5 Å². The fraction of sp³-hybridized carbons (Fsp3) is 0.167. The Labute approximate surface area is 114 Å². The first-order valence-corrected chi connectivity index (χ1v) is 5.57. The summed E-state index contributed by atoms with van der Waals surface area (Å²) in [6.07, 6.45) is -0.130. The number of carbonyl (C=O) groups excluding carboxylic acids is 3. The summed E-state index contributed by atoms with van der Waals surface area (Å²) in [7, 11) is 0. The van der Waals surface area contributed by atoms with Gasteiger partial charge in [0.25, 0.3) is 5.91 Å². The van der Waals surface area contributed by atoms with Crippen molar-refractivity contribution in [2.24, 2.45) is 5.73 Å². The molecule has 0 saturated heterocycles. The molecule has 0 fully saturated rings. The second-order valence-corrected chi connectivity index (χ2v) is 3.84. The summed E-state index contributed by atoms with van der Waals surface area (Å²) in [4.78, 5) is 44.0. The maximum atomic E-state index is 12.0. The van der Waals surface area contributed by atoms with Crippen LogP contribution in [0.1, 0.15) is 16.8 Å². The molecule has 106 valence electrons. The third kappa shape index (κ3) is 4.09. The van der Waals surface area contributed by atoms with Crippen LogP contribution in [0.25, 0.3) is 0 Å². The third-order valence-electron chi connectivity index (χ3n) is 2.39. The summed E-state index contributed by atoms with van der Waals surface area (Å²) in [6.45, 7) is 0. The highest BCUT2D eigenvalue weighted by molar-refractivity contribution is 6.03. The summed E-state index contributed by atoms with van der Waals surface area (Å²) < 4.78 is 0. The van der Waals surface area contributed by atoms with Crippen LogP contribution >= 0.6 is 0 Å². The number of carboxylic acids is 1. The molecule has 0 aliphatic rings. The van der Waals surface area contributed by atoms with E-state index in [1.807, 2.05) is 0 Å². The number of anilines is 1. The van der Waals surface area contributed by atoms with Crippen LogP contribution in [0.2, 0.25) is 0 Å². The summed E-state index contributed by atoms with van der Waals surface area (Å²) in [5, 5.41) is 13.4. The van der Waals surface area contributed by atoms with Gasteiger partial charge >= 0.3 is 5.97 Å². The van der Waals surface area contributed by atoms with Crippen LogP contribution in [-0.4, -0.2) is 35.3 Å². The quantitative estimate of drug-likeness (QED) is 0.489. The van der Waals surface area contributed by atoms with Gasteiger partial charge in [0.2, 0.25) is 12.3 Å². The molecule has 0 spiro atoms. The number of hydrogen-bond acceptors (Lipinski definition) is 4. The monoisotopic (exact) mass is 279 g/mol. The lowest BCUT2D eigenvalue weighted by atomic mass is 10.1. The predicted molar refractivity (Wildman–Crippen MR) is 68.8 cm³/mol. The van der Waals surface area contributed by atoms with Crippen molar-refractivity contribution in [1.82, 2.24) is 5.32 Å². The normalized spacial score (nSPS) is 11.2. The molecular formula is C12H13N3O5. The lowest BCUT2D eigenvalue weighted by Gasteiger charge is -2.14. The molecule has 8 heteroatoms. The van der Waals surface area contributed by atoms with Gasteiger partial charge in [0.05, 0.1) is 17.7 Å². The van der Waals surface area contributed by atoms with Crippen LogP contribution in [0.5, 0.6) is 0 Å². The van der Waals surface area contributed by atoms with Gasteiger partial charge in [-0.05, 0) is 12.1 Å². The average molecular weight is 279 g/mol. The van der Waals surface area contributed by atoms with E-state index in [4.69, 9.17) is 10.8 Å². The molecule has 0 unspecified atom stereocenters. The van der Waals surface area contributed by atoms with Gasteiger partial charge in [-0.3, -0.25) is 14.4 Å². The van der Waals surface area contributed by atoms with Crippen LogP contribution < -0.4 is 16.4 Å². The molecular weight excluding hydrogens is 266 g/mol. The van der Waals surface area contributed by atoms with Crippen molar-refractivity contribution in [3.8, 4) is 0 Å². The minimum Gasteiger partial charge on any atom is -0.480 e. The van der Waals surface area contributed by atoms with Crippen molar-refractivity contribution in [1.29, 1.82) is 0 Å². The van der Waals surface area contributed by atoms with Crippen LogP contribution in [0.3, 0.4) is 0 Å². The second-order valence-electron chi connectivity index (χ2n) is 3.84. The first kappa shape index (κ1) is 15.2. The van der Waals surface area contributed by atoms with E-state index in [2.05, 4.69) is 10.6 Å². The van der Waals surface area contributed by atoms with Gasteiger partial charge in [0.15, 0.2) is 0 Å². The molecule has 0 aliphatic carbocycles. The lowest BCUT2D eigenvalue weighted by molar-refractivity contribution is -0.140. The Morgan fingerprint density at radius 2 is 1.95 bits per heavy atom. The van der Waals surface area contributed by atoms with E-state index in [-0.39, 0.29) is 11.3 Å². The number of carboxylic acid groups (broad SMARTS) is 1. The number of rotatable bonds is 7. The summed E-state index contributed by atoms with van der Waals surface area (Å²) >= 11 is 0. The number of hydrogen-bond donors (Lipinski definition) is 4. The zero-order valence-corrected chi connectivity index (χ0v) is 10.3. The zero-order valence-electron chi connectivity index (χ0n) is 10.3. The van der Waals surface area contributed by atoms with E-state index in [0.717, 1.165) is 0 Å². The number of para-hydroxylation sites is 1. The minimum atomic E-state index is -1.43. The van der Waals surface area contributed by atoms with Crippen LogP contribution in [0.4, 0.5) is 5.69 Å². The molecule has 0 radical (unpaired) electrons. The van der Waals surface area contributed by atoms with Gasteiger partial charge in [0.1, 0.15) is 6.04 Å². The van der Waals surface area contributed by atoms with Gasteiger partial charge in [-0.15, -0.1) is 0 Å². The zero-order chi connectivity index (χ0) is 15.1.